The molecule has 1 fully saturated rings. The fourth-order valence-corrected chi connectivity index (χ4v) is 2.68. The number of nitrogens with one attached hydrogen (secondary N) is 1. The second kappa shape index (κ2) is 6.57. The smallest absolute Gasteiger partial charge is 0.322 e. The molecule has 2 rings (SSSR count). The summed E-state index contributed by atoms with van der Waals surface area (Å²) in [5.74, 6) is 0. The van der Waals surface area contributed by atoms with Crippen molar-refractivity contribution in [3.05, 3.63) is 29.8 Å². The largest absolute Gasteiger partial charge is 0.330 e. The first kappa shape index (κ1) is 13.9. The number of carbonyl (C=O) groups is 1. The molecule has 4 heteroatoms. The molecular formula is C15H23N3O. The number of anilines is 1. The molecule has 1 unspecified atom stereocenters. The number of likely N-dealkylation sites (tertiary alicyclic amines) is 1. The highest BCUT2D eigenvalue weighted by Gasteiger charge is 2.25. The van der Waals surface area contributed by atoms with E-state index in [1.165, 1.54) is 6.42 Å². The average Bonchev–Trinajstić information content (AvgIpc) is 2.39. The van der Waals surface area contributed by atoms with Gasteiger partial charge in [-0.15, -0.1) is 0 Å². The van der Waals surface area contributed by atoms with Crippen molar-refractivity contribution in [2.24, 2.45) is 5.73 Å². The molecule has 1 aliphatic heterocycles. The Morgan fingerprint density at radius 3 is 3.05 bits per heavy atom. The maximum absolute atomic E-state index is 12.3. The summed E-state index contributed by atoms with van der Waals surface area (Å²) in [5, 5.41) is 2.99. The molecule has 0 saturated carbocycles. The van der Waals surface area contributed by atoms with Crippen LogP contribution >= 0.6 is 0 Å². The van der Waals surface area contributed by atoms with Gasteiger partial charge in [0.2, 0.25) is 0 Å². The molecule has 0 bridgehead atoms. The van der Waals surface area contributed by atoms with E-state index in [0.717, 1.165) is 37.1 Å². The lowest BCUT2D eigenvalue weighted by molar-refractivity contribution is 0.159. The zero-order chi connectivity index (χ0) is 13.7. The molecular weight excluding hydrogens is 238 g/mol. The molecule has 0 radical (unpaired) electrons. The quantitative estimate of drug-likeness (QED) is 0.879. The van der Waals surface area contributed by atoms with Gasteiger partial charge in [-0.25, -0.2) is 4.79 Å². The number of rotatable bonds is 3. The molecule has 1 aliphatic rings. The fourth-order valence-electron chi connectivity index (χ4n) is 2.68. The third-order valence-electron chi connectivity index (χ3n) is 3.66. The van der Waals surface area contributed by atoms with E-state index < -0.39 is 0 Å². The molecule has 104 valence electrons. The molecule has 4 nitrogen and oxygen atoms in total. The van der Waals surface area contributed by atoms with Crippen molar-refractivity contribution < 1.29 is 4.79 Å². The summed E-state index contributed by atoms with van der Waals surface area (Å²) in [6, 6.07) is 8.19. The van der Waals surface area contributed by atoms with E-state index in [9.17, 15) is 4.79 Å². The molecule has 1 aromatic rings. The standard InChI is InChI=1S/C15H23N3O/c1-12-5-4-6-13(11-12)17-15(19)18-10-3-2-7-14(18)8-9-16/h4-6,11,14H,2-3,7-10,16H2,1H3,(H,17,19). The van der Waals surface area contributed by atoms with Crippen LogP contribution in [-0.4, -0.2) is 30.1 Å². The minimum absolute atomic E-state index is 0.00347. The Bertz CT molecular complexity index is 431. The normalized spacial score (nSPS) is 19.3. The third kappa shape index (κ3) is 3.70. The number of benzene rings is 1. The van der Waals surface area contributed by atoms with Crippen molar-refractivity contribution in [3.63, 3.8) is 0 Å². The third-order valence-corrected chi connectivity index (χ3v) is 3.66. The highest BCUT2D eigenvalue weighted by atomic mass is 16.2. The molecule has 3 N–H and O–H groups in total. The zero-order valence-corrected chi connectivity index (χ0v) is 11.6. The van der Waals surface area contributed by atoms with Crippen LogP contribution in [0.5, 0.6) is 0 Å². The van der Waals surface area contributed by atoms with Gasteiger partial charge >= 0.3 is 6.03 Å². The molecule has 2 amide bonds. The number of carbonyl (C=O) groups excluding carboxylic acids is 1. The first-order valence-electron chi connectivity index (χ1n) is 7.05. The highest BCUT2D eigenvalue weighted by molar-refractivity contribution is 5.89. The average molecular weight is 261 g/mol. The number of urea groups is 1. The van der Waals surface area contributed by atoms with Crippen LogP contribution in [0.2, 0.25) is 0 Å². The minimum atomic E-state index is 0.00347. The van der Waals surface area contributed by atoms with E-state index in [1.807, 2.05) is 36.1 Å². The molecule has 0 aromatic heterocycles. The lowest BCUT2D eigenvalue weighted by atomic mass is 10.00. The van der Waals surface area contributed by atoms with E-state index in [2.05, 4.69) is 5.32 Å². The van der Waals surface area contributed by atoms with E-state index >= 15 is 0 Å². The first-order chi connectivity index (χ1) is 9.20. The number of nitrogens with two attached hydrogens (primary N) is 1. The van der Waals surface area contributed by atoms with Gasteiger partial charge in [0.05, 0.1) is 0 Å². The van der Waals surface area contributed by atoms with Gasteiger partial charge in [-0.1, -0.05) is 12.1 Å². The Labute approximate surface area is 115 Å². The minimum Gasteiger partial charge on any atom is -0.330 e. The number of amides is 2. The second-order valence-electron chi connectivity index (χ2n) is 5.22. The fraction of sp³-hybridized carbons (Fsp3) is 0.533. The van der Waals surface area contributed by atoms with Gasteiger partial charge in [0.25, 0.3) is 0 Å². The van der Waals surface area contributed by atoms with E-state index in [1.54, 1.807) is 0 Å². The van der Waals surface area contributed by atoms with Gasteiger partial charge in [0.15, 0.2) is 0 Å². The van der Waals surface area contributed by atoms with Crippen molar-refractivity contribution in [2.45, 2.75) is 38.6 Å². The predicted octanol–water partition coefficient (Wildman–Crippen LogP) is 2.73. The van der Waals surface area contributed by atoms with Crippen molar-refractivity contribution >= 4 is 11.7 Å². The number of aryl methyl sites for hydroxylation is 1. The first-order valence-corrected chi connectivity index (χ1v) is 7.05. The highest BCUT2D eigenvalue weighted by Crippen LogP contribution is 2.20. The molecule has 1 saturated heterocycles. The number of hydrogen-bond acceptors (Lipinski definition) is 2. The van der Waals surface area contributed by atoms with Crippen LogP contribution < -0.4 is 11.1 Å². The monoisotopic (exact) mass is 261 g/mol. The lowest BCUT2D eigenvalue weighted by Gasteiger charge is -2.35. The molecule has 1 aromatic carbocycles. The second-order valence-corrected chi connectivity index (χ2v) is 5.22. The molecule has 1 atom stereocenters. The summed E-state index contributed by atoms with van der Waals surface area (Å²) >= 11 is 0. The van der Waals surface area contributed by atoms with Gasteiger partial charge in [0, 0.05) is 18.3 Å². The summed E-state index contributed by atoms with van der Waals surface area (Å²) in [6.07, 6.45) is 4.24. The van der Waals surface area contributed by atoms with Crippen LogP contribution in [0.15, 0.2) is 24.3 Å². The summed E-state index contributed by atoms with van der Waals surface area (Å²) in [7, 11) is 0. The maximum Gasteiger partial charge on any atom is 0.322 e. The van der Waals surface area contributed by atoms with Gasteiger partial charge < -0.3 is 16.0 Å². The summed E-state index contributed by atoms with van der Waals surface area (Å²) in [4.78, 5) is 14.3. The van der Waals surface area contributed by atoms with Gasteiger partial charge in [0.1, 0.15) is 0 Å². The SMILES string of the molecule is Cc1cccc(NC(=O)N2CCCCC2CCN)c1. The topological polar surface area (TPSA) is 58.4 Å². The van der Waals surface area contributed by atoms with Crippen molar-refractivity contribution in [1.29, 1.82) is 0 Å². The van der Waals surface area contributed by atoms with Crippen LogP contribution in [0.25, 0.3) is 0 Å². The summed E-state index contributed by atoms with van der Waals surface area (Å²) in [6.45, 7) is 3.50. The summed E-state index contributed by atoms with van der Waals surface area (Å²) < 4.78 is 0. The van der Waals surface area contributed by atoms with Gasteiger partial charge in [-0.3, -0.25) is 0 Å². The number of nitrogens with zero attached hydrogens (tertiary/aromatic N) is 1. The number of piperidine rings is 1. The van der Waals surface area contributed by atoms with E-state index in [0.29, 0.717) is 12.6 Å². The van der Waals surface area contributed by atoms with Crippen LogP contribution in [0.3, 0.4) is 0 Å². The maximum atomic E-state index is 12.3. The Morgan fingerprint density at radius 1 is 1.47 bits per heavy atom. The Balaban J connectivity index is 2.01. The Morgan fingerprint density at radius 2 is 2.32 bits per heavy atom. The molecule has 0 aliphatic carbocycles. The lowest BCUT2D eigenvalue weighted by Crippen LogP contribution is -2.46. The van der Waals surface area contributed by atoms with Crippen LogP contribution in [0, 0.1) is 6.92 Å². The Kier molecular flexibility index (Phi) is 4.80. The van der Waals surface area contributed by atoms with Crippen LogP contribution in [0.1, 0.15) is 31.2 Å². The van der Waals surface area contributed by atoms with Crippen molar-refractivity contribution in [1.82, 2.24) is 4.90 Å². The van der Waals surface area contributed by atoms with Crippen LogP contribution in [0.4, 0.5) is 10.5 Å². The van der Waals surface area contributed by atoms with Crippen molar-refractivity contribution in [3.8, 4) is 0 Å². The van der Waals surface area contributed by atoms with E-state index in [-0.39, 0.29) is 6.03 Å². The van der Waals surface area contributed by atoms with E-state index in [4.69, 9.17) is 5.73 Å². The Hall–Kier alpha value is -1.55. The van der Waals surface area contributed by atoms with Gasteiger partial charge in [-0.05, 0) is 56.8 Å². The molecule has 0 spiro atoms. The summed E-state index contributed by atoms with van der Waals surface area (Å²) in [5.41, 5.74) is 7.65. The predicted molar refractivity (Wildman–Crippen MR) is 78.2 cm³/mol. The van der Waals surface area contributed by atoms with Crippen LogP contribution in [-0.2, 0) is 0 Å². The number of hydrogen-bond donors (Lipinski definition) is 2. The molecule has 1 heterocycles. The van der Waals surface area contributed by atoms with Crippen molar-refractivity contribution in [2.75, 3.05) is 18.4 Å². The van der Waals surface area contributed by atoms with Gasteiger partial charge in [-0.2, -0.15) is 0 Å². The zero-order valence-electron chi connectivity index (χ0n) is 11.6. The molecule has 19 heavy (non-hydrogen) atoms.